The lowest BCUT2D eigenvalue weighted by molar-refractivity contribution is 0.0690. The van der Waals surface area contributed by atoms with Crippen LogP contribution in [0.25, 0.3) is 10.9 Å². The van der Waals surface area contributed by atoms with Gasteiger partial charge in [0.15, 0.2) is 17.2 Å². The molecule has 0 saturated heterocycles. The van der Waals surface area contributed by atoms with Crippen molar-refractivity contribution in [1.29, 1.82) is 0 Å². The van der Waals surface area contributed by atoms with Crippen LogP contribution in [-0.2, 0) is 0 Å². The number of aromatic nitrogens is 1. The number of methoxy groups -OCH3 is 3. The van der Waals surface area contributed by atoms with Gasteiger partial charge in [-0.1, -0.05) is 0 Å². The van der Waals surface area contributed by atoms with Gasteiger partial charge in [0, 0.05) is 17.5 Å². The second kappa shape index (κ2) is 5.01. The van der Waals surface area contributed by atoms with Crippen LogP contribution >= 0.6 is 0 Å². The lowest BCUT2D eigenvalue weighted by Crippen LogP contribution is -2.02. The second-order valence-corrected chi connectivity index (χ2v) is 3.74. The number of benzene rings is 1. The van der Waals surface area contributed by atoms with E-state index in [1.807, 2.05) is 0 Å². The first-order valence-electron chi connectivity index (χ1n) is 5.44. The van der Waals surface area contributed by atoms with Crippen molar-refractivity contribution in [2.75, 3.05) is 21.3 Å². The van der Waals surface area contributed by atoms with Crippen molar-refractivity contribution in [3.63, 3.8) is 0 Å². The molecule has 0 fully saturated rings. The van der Waals surface area contributed by atoms with Crippen LogP contribution in [0.15, 0.2) is 18.2 Å². The Bertz CT molecular complexity index is 638. The van der Waals surface area contributed by atoms with Crippen molar-refractivity contribution in [1.82, 2.24) is 4.98 Å². The number of hydrogen-bond donors (Lipinski definition) is 1. The van der Waals surface area contributed by atoms with E-state index in [-0.39, 0.29) is 5.69 Å². The molecule has 0 radical (unpaired) electrons. The molecule has 0 saturated carbocycles. The number of hydrogen-bond acceptors (Lipinski definition) is 5. The van der Waals surface area contributed by atoms with Crippen LogP contribution in [-0.4, -0.2) is 37.4 Å². The average molecular weight is 263 g/mol. The molecule has 0 bridgehead atoms. The van der Waals surface area contributed by atoms with Crippen molar-refractivity contribution in [3.05, 3.63) is 23.9 Å². The lowest BCUT2D eigenvalue weighted by atomic mass is 10.1. The Kier molecular flexibility index (Phi) is 3.41. The van der Waals surface area contributed by atoms with Crippen molar-refractivity contribution in [2.24, 2.45) is 0 Å². The Balaban J connectivity index is 2.78. The molecule has 1 heterocycles. The van der Waals surface area contributed by atoms with Gasteiger partial charge < -0.3 is 19.3 Å². The summed E-state index contributed by atoms with van der Waals surface area (Å²) in [6.45, 7) is 0. The first-order valence-corrected chi connectivity index (χ1v) is 5.44. The normalized spacial score (nSPS) is 10.3. The molecule has 0 aliphatic rings. The van der Waals surface area contributed by atoms with Crippen molar-refractivity contribution < 1.29 is 24.1 Å². The highest BCUT2D eigenvalue weighted by atomic mass is 16.5. The van der Waals surface area contributed by atoms with Gasteiger partial charge in [0.1, 0.15) is 5.75 Å². The summed E-state index contributed by atoms with van der Waals surface area (Å²) in [5, 5.41) is 9.68. The Hall–Kier alpha value is -2.50. The maximum absolute atomic E-state index is 11.0. The van der Waals surface area contributed by atoms with Crippen LogP contribution in [0.2, 0.25) is 0 Å². The van der Waals surface area contributed by atoms with Crippen LogP contribution in [0, 0.1) is 0 Å². The van der Waals surface area contributed by atoms with E-state index in [2.05, 4.69) is 4.98 Å². The first kappa shape index (κ1) is 12.9. The Morgan fingerprint density at radius 1 is 1.00 bits per heavy atom. The number of nitrogens with zero attached hydrogens (tertiary/aromatic N) is 1. The van der Waals surface area contributed by atoms with Gasteiger partial charge in [0.2, 0.25) is 0 Å². The number of ether oxygens (including phenoxy) is 3. The molecule has 0 unspecified atom stereocenters. The second-order valence-electron chi connectivity index (χ2n) is 3.74. The third kappa shape index (κ3) is 2.24. The van der Waals surface area contributed by atoms with E-state index in [0.717, 1.165) is 0 Å². The predicted octanol–water partition coefficient (Wildman–Crippen LogP) is 1.96. The molecule has 2 aromatic rings. The minimum absolute atomic E-state index is 0.0865. The highest BCUT2D eigenvalue weighted by molar-refractivity contribution is 5.94. The number of pyridine rings is 1. The number of carboxylic acids is 1. The minimum atomic E-state index is -1.12. The molecule has 6 nitrogen and oxygen atoms in total. The molecule has 0 aliphatic heterocycles. The summed E-state index contributed by atoms with van der Waals surface area (Å²) in [5.41, 5.74) is 0.381. The van der Waals surface area contributed by atoms with Crippen LogP contribution < -0.4 is 14.2 Å². The quantitative estimate of drug-likeness (QED) is 0.908. The highest BCUT2D eigenvalue weighted by Crippen LogP contribution is 2.35. The summed E-state index contributed by atoms with van der Waals surface area (Å²) in [6, 6.07) is 4.69. The van der Waals surface area contributed by atoms with Gasteiger partial charge in [-0.15, -0.1) is 0 Å². The number of carbonyl (C=O) groups is 1. The van der Waals surface area contributed by atoms with Crippen molar-refractivity contribution >= 4 is 16.9 Å². The molecule has 6 heteroatoms. The number of fused-ring (bicyclic) bond motifs is 1. The molecule has 1 aromatic carbocycles. The maximum Gasteiger partial charge on any atom is 0.354 e. The molecule has 1 aromatic heterocycles. The van der Waals surface area contributed by atoms with Gasteiger partial charge in [-0.05, 0) is 6.07 Å². The molecule has 0 aliphatic carbocycles. The lowest BCUT2D eigenvalue weighted by Gasteiger charge is -2.11. The van der Waals surface area contributed by atoms with Gasteiger partial charge in [-0.2, -0.15) is 0 Å². The van der Waals surface area contributed by atoms with Gasteiger partial charge in [0.05, 0.1) is 26.8 Å². The molecule has 0 spiro atoms. The van der Waals surface area contributed by atoms with E-state index in [1.165, 1.54) is 27.4 Å². The SMILES string of the molecule is COc1cc2nc(C(=O)O)cc(OC)c2cc1OC. The topological polar surface area (TPSA) is 77.9 Å². The molecule has 0 amide bonds. The van der Waals surface area contributed by atoms with E-state index in [9.17, 15) is 4.79 Å². The van der Waals surface area contributed by atoms with Crippen LogP contribution in [0.4, 0.5) is 0 Å². The smallest absolute Gasteiger partial charge is 0.354 e. The summed E-state index contributed by atoms with van der Waals surface area (Å²) in [7, 11) is 4.49. The fraction of sp³-hybridized carbons (Fsp3) is 0.231. The summed E-state index contributed by atoms with van der Waals surface area (Å²) < 4.78 is 15.6. The molecule has 0 atom stereocenters. The zero-order valence-corrected chi connectivity index (χ0v) is 10.8. The largest absolute Gasteiger partial charge is 0.496 e. The molecular formula is C13H13NO5. The van der Waals surface area contributed by atoms with Crippen molar-refractivity contribution in [3.8, 4) is 17.2 Å². The van der Waals surface area contributed by atoms with E-state index in [4.69, 9.17) is 19.3 Å². The zero-order valence-electron chi connectivity index (χ0n) is 10.8. The highest BCUT2D eigenvalue weighted by Gasteiger charge is 2.14. The number of carboxylic acid groups (broad SMARTS) is 1. The molecule has 1 N–H and O–H groups in total. The molecule has 19 heavy (non-hydrogen) atoms. The van der Waals surface area contributed by atoms with E-state index in [1.54, 1.807) is 12.1 Å². The molecular weight excluding hydrogens is 250 g/mol. The third-order valence-electron chi connectivity index (χ3n) is 2.72. The van der Waals surface area contributed by atoms with Crippen LogP contribution in [0.1, 0.15) is 10.5 Å². The van der Waals surface area contributed by atoms with Gasteiger partial charge in [-0.25, -0.2) is 9.78 Å². The summed E-state index contributed by atoms with van der Waals surface area (Å²) in [4.78, 5) is 15.1. The Morgan fingerprint density at radius 3 is 2.11 bits per heavy atom. The number of aromatic carboxylic acids is 1. The summed E-state index contributed by atoms with van der Waals surface area (Å²) in [6.07, 6.45) is 0. The Morgan fingerprint density at radius 2 is 1.58 bits per heavy atom. The zero-order chi connectivity index (χ0) is 14.0. The van der Waals surface area contributed by atoms with Crippen LogP contribution in [0.3, 0.4) is 0 Å². The van der Waals surface area contributed by atoms with E-state index < -0.39 is 5.97 Å². The number of rotatable bonds is 4. The molecule has 100 valence electrons. The summed E-state index contributed by atoms with van der Waals surface area (Å²) >= 11 is 0. The van der Waals surface area contributed by atoms with Gasteiger partial charge in [0.25, 0.3) is 0 Å². The first-order chi connectivity index (χ1) is 9.10. The summed E-state index contributed by atoms with van der Waals surface area (Å²) in [5.74, 6) is 0.309. The fourth-order valence-electron chi connectivity index (χ4n) is 1.80. The van der Waals surface area contributed by atoms with Gasteiger partial charge in [-0.3, -0.25) is 0 Å². The van der Waals surface area contributed by atoms with E-state index >= 15 is 0 Å². The third-order valence-corrected chi connectivity index (χ3v) is 2.72. The van der Waals surface area contributed by atoms with Gasteiger partial charge >= 0.3 is 5.97 Å². The molecule has 2 rings (SSSR count). The standard InChI is InChI=1S/C13H13NO5/c1-17-10-6-9(13(15)16)14-8-5-12(19-3)11(18-2)4-7(8)10/h4-6H,1-3H3,(H,15,16). The minimum Gasteiger partial charge on any atom is -0.496 e. The fourth-order valence-corrected chi connectivity index (χ4v) is 1.80. The van der Waals surface area contributed by atoms with E-state index in [0.29, 0.717) is 28.2 Å². The average Bonchev–Trinajstić information content (AvgIpc) is 2.44. The predicted molar refractivity (Wildman–Crippen MR) is 68.4 cm³/mol. The van der Waals surface area contributed by atoms with Crippen molar-refractivity contribution in [2.45, 2.75) is 0 Å². The monoisotopic (exact) mass is 263 g/mol. The maximum atomic E-state index is 11.0. The Labute approximate surface area is 109 Å². The van der Waals surface area contributed by atoms with Crippen LogP contribution in [0.5, 0.6) is 17.2 Å².